The molecule has 1 aliphatic rings. The number of nitriles is 1. The predicted molar refractivity (Wildman–Crippen MR) is 76.0 cm³/mol. The minimum absolute atomic E-state index is 0.00679. The first kappa shape index (κ1) is 16.9. The standard InChI is InChI=1S/C13H21N5O3/c14-2-4-17-5-7-18(8-6-17)10-11(9-15)13(21)16-3-1-12(19)20/h10H,1-8,14H2,(H,16,21)(H,19,20)/b11-10-. The first-order chi connectivity index (χ1) is 10.1. The van der Waals surface area contributed by atoms with Crippen LogP contribution >= 0.6 is 0 Å². The van der Waals surface area contributed by atoms with Crippen LogP contribution in [-0.2, 0) is 9.59 Å². The lowest BCUT2D eigenvalue weighted by Crippen LogP contribution is -2.46. The van der Waals surface area contributed by atoms with Crippen LogP contribution in [0.15, 0.2) is 11.8 Å². The molecule has 4 N–H and O–H groups in total. The largest absolute Gasteiger partial charge is 0.481 e. The highest BCUT2D eigenvalue weighted by Crippen LogP contribution is 2.04. The highest BCUT2D eigenvalue weighted by atomic mass is 16.4. The minimum atomic E-state index is -0.992. The average Bonchev–Trinajstić information content (AvgIpc) is 2.46. The van der Waals surface area contributed by atoms with Crippen molar-refractivity contribution >= 4 is 11.9 Å². The average molecular weight is 295 g/mol. The summed E-state index contributed by atoms with van der Waals surface area (Å²) in [5, 5.41) is 19.9. The zero-order valence-corrected chi connectivity index (χ0v) is 11.9. The second-order valence-corrected chi connectivity index (χ2v) is 4.72. The van der Waals surface area contributed by atoms with Crippen molar-refractivity contribution in [3.8, 4) is 6.07 Å². The third-order valence-electron chi connectivity index (χ3n) is 3.15. The van der Waals surface area contributed by atoms with Crippen molar-refractivity contribution < 1.29 is 14.7 Å². The van der Waals surface area contributed by atoms with Crippen LogP contribution in [0.25, 0.3) is 0 Å². The molecule has 0 aromatic carbocycles. The molecule has 0 aromatic rings. The van der Waals surface area contributed by atoms with Gasteiger partial charge in [-0.25, -0.2) is 0 Å². The van der Waals surface area contributed by atoms with Gasteiger partial charge in [0.2, 0.25) is 0 Å². The van der Waals surface area contributed by atoms with E-state index in [9.17, 15) is 9.59 Å². The number of carboxylic acid groups (broad SMARTS) is 1. The van der Waals surface area contributed by atoms with Crippen molar-refractivity contribution in [3.05, 3.63) is 11.8 Å². The summed E-state index contributed by atoms with van der Waals surface area (Å²) in [6, 6.07) is 1.85. The summed E-state index contributed by atoms with van der Waals surface area (Å²) in [6.07, 6.45) is 1.37. The van der Waals surface area contributed by atoms with Crippen molar-refractivity contribution in [1.82, 2.24) is 15.1 Å². The van der Waals surface area contributed by atoms with Crippen LogP contribution in [-0.4, -0.2) is 72.6 Å². The first-order valence-corrected chi connectivity index (χ1v) is 6.85. The molecule has 8 heteroatoms. The second kappa shape index (κ2) is 8.94. The van der Waals surface area contributed by atoms with Crippen molar-refractivity contribution in [1.29, 1.82) is 5.26 Å². The van der Waals surface area contributed by atoms with Gasteiger partial charge in [0.05, 0.1) is 6.42 Å². The number of carbonyl (C=O) groups is 2. The van der Waals surface area contributed by atoms with Crippen LogP contribution in [0.5, 0.6) is 0 Å². The lowest BCUT2D eigenvalue weighted by Gasteiger charge is -2.33. The van der Waals surface area contributed by atoms with Crippen LogP contribution in [0.3, 0.4) is 0 Å². The van der Waals surface area contributed by atoms with Gasteiger partial charge >= 0.3 is 5.97 Å². The molecule has 1 fully saturated rings. The highest BCUT2D eigenvalue weighted by molar-refractivity contribution is 5.97. The summed E-state index contributed by atoms with van der Waals surface area (Å²) in [6.45, 7) is 4.61. The van der Waals surface area contributed by atoms with E-state index in [1.807, 2.05) is 11.0 Å². The van der Waals surface area contributed by atoms with Gasteiger partial charge in [-0.15, -0.1) is 0 Å². The number of hydrogen-bond donors (Lipinski definition) is 3. The van der Waals surface area contributed by atoms with Crippen LogP contribution in [0, 0.1) is 11.3 Å². The Morgan fingerprint density at radius 3 is 2.52 bits per heavy atom. The predicted octanol–water partition coefficient (Wildman–Crippen LogP) is -1.44. The summed E-state index contributed by atoms with van der Waals surface area (Å²) < 4.78 is 0. The van der Waals surface area contributed by atoms with Crippen LogP contribution < -0.4 is 11.1 Å². The minimum Gasteiger partial charge on any atom is -0.481 e. The maximum atomic E-state index is 11.7. The number of amides is 1. The molecule has 116 valence electrons. The van der Waals surface area contributed by atoms with Gasteiger partial charge in [-0.2, -0.15) is 5.26 Å². The van der Waals surface area contributed by atoms with E-state index < -0.39 is 11.9 Å². The molecule has 8 nitrogen and oxygen atoms in total. The van der Waals surface area contributed by atoms with Gasteiger partial charge in [-0.05, 0) is 0 Å². The topological polar surface area (TPSA) is 123 Å². The Morgan fingerprint density at radius 1 is 1.33 bits per heavy atom. The summed E-state index contributed by atoms with van der Waals surface area (Å²) in [7, 11) is 0. The molecule has 1 amide bonds. The van der Waals surface area contributed by atoms with Crippen molar-refractivity contribution in [2.24, 2.45) is 5.73 Å². The normalized spacial score (nSPS) is 16.4. The molecular weight excluding hydrogens is 274 g/mol. The van der Waals surface area contributed by atoms with E-state index in [0.717, 1.165) is 32.7 Å². The molecule has 0 bridgehead atoms. The molecule has 1 heterocycles. The Hall–Kier alpha value is -2.11. The van der Waals surface area contributed by atoms with Crippen molar-refractivity contribution in [2.75, 3.05) is 45.8 Å². The summed E-state index contributed by atoms with van der Waals surface area (Å²) in [5.41, 5.74) is 5.49. The number of rotatable bonds is 7. The number of nitrogens with one attached hydrogen (secondary N) is 1. The van der Waals surface area contributed by atoms with Gasteiger partial charge < -0.3 is 21.1 Å². The van der Waals surface area contributed by atoms with Crippen LogP contribution in [0.1, 0.15) is 6.42 Å². The van der Waals surface area contributed by atoms with Gasteiger partial charge in [-0.1, -0.05) is 0 Å². The molecule has 1 rings (SSSR count). The molecule has 0 radical (unpaired) electrons. The van der Waals surface area contributed by atoms with Gasteiger partial charge in [0, 0.05) is 52.0 Å². The van der Waals surface area contributed by atoms with E-state index in [0.29, 0.717) is 6.54 Å². The number of carbonyl (C=O) groups excluding carboxylic acids is 1. The molecule has 1 aliphatic heterocycles. The van der Waals surface area contributed by atoms with Crippen LogP contribution in [0.4, 0.5) is 0 Å². The van der Waals surface area contributed by atoms with E-state index in [1.54, 1.807) is 0 Å². The SMILES string of the molecule is N#C/C(=C/N1CCN(CCN)CC1)C(=O)NCCC(=O)O. The molecule has 0 unspecified atom stereocenters. The zero-order valence-electron chi connectivity index (χ0n) is 11.9. The highest BCUT2D eigenvalue weighted by Gasteiger charge is 2.16. The number of nitrogens with two attached hydrogens (primary N) is 1. The van der Waals surface area contributed by atoms with E-state index in [2.05, 4.69) is 10.2 Å². The van der Waals surface area contributed by atoms with Crippen molar-refractivity contribution in [3.63, 3.8) is 0 Å². The Morgan fingerprint density at radius 2 is 2.00 bits per heavy atom. The van der Waals surface area contributed by atoms with Gasteiger partial charge in [0.15, 0.2) is 0 Å². The fourth-order valence-electron chi connectivity index (χ4n) is 2.00. The fourth-order valence-corrected chi connectivity index (χ4v) is 2.00. The monoisotopic (exact) mass is 295 g/mol. The van der Waals surface area contributed by atoms with E-state index >= 15 is 0 Å². The molecule has 0 aliphatic carbocycles. The molecule has 0 spiro atoms. The Labute approximate surface area is 123 Å². The Balaban J connectivity index is 2.46. The molecule has 1 saturated heterocycles. The summed E-state index contributed by atoms with van der Waals surface area (Å²) >= 11 is 0. The van der Waals surface area contributed by atoms with Gasteiger partial charge in [0.1, 0.15) is 11.6 Å². The Kier molecular flexibility index (Phi) is 7.21. The number of hydrogen-bond acceptors (Lipinski definition) is 6. The number of nitrogens with zero attached hydrogens (tertiary/aromatic N) is 3. The summed E-state index contributed by atoms with van der Waals surface area (Å²) in [4.78, 5) is 26.3. The number of carboxylic acids is 1. The maximum Gasteiger partial charge on any atom is 0.305 e. The fraction of sp³-hybridized carbons (Fsp3) is 0.615. The van der Waals surface area contributed by atoms with E-state index in [-0.39, 0.29) is 18.5 Å². The number of piperazine rings is 1. The number of aliphatic carboxylic acids is 1. The maximum absolute atomic E-state index is 11.7. The van der Waals surface area contributed by atoms with Gasteiger partial charge in [-0.3, -0.25) is 14.5 Å². The lowest BCUT2D eigenvalue weighted by atomic mass is 10.2. The van der Waals surface area contributed by atoms with E-state index in [1.165, 1.54) is 6.20 Å². The third kappa shape index (κ3) is 6.25. The molecule has 0 atom stereocenters. The first-order valence-electron chi connectivity index (χ1n) is 6.85. The Bertz CT molecular complexity index is 436. The zero-order chi connectivity index (χ0) is 15.7. The third-order valence-corrected chi connectivity index (χ3v) is 3.15. The molecule has 0 saturated carbocycles. The quantitative estimate of drug-likeness (QED) is 0.388. The smallest absolute Gasteiger partial charge is 0.305 e. The molecule has 21 heavy (non-hydrogen) atoms. The second-order valence-electron chi connectivity index (χ2n) is 4.72. The van der Waals surface area contributed by atoms with Gasteiger partial charge in [0.25, 0.3) is 5.91 Å². The molecular formula is C13H21N5O3. The van der Waals surface area contributed by atoms with Crippen molar-refractivity contribution in [2.45, 2.75) is 6.42 Å². The lowest BCUT2D eigenvalue weighted by molar-refractivity contribution is -0.136. The van der Waals surface area contributed by atoms with E-state index in [4.69, 9.17) is 16.1 Å². The van der Waals surface area contributed by atoms with Crippen LogP contribution in [0.2, 0.25) is 0 Å². The summed E-state index contributed by atoms with van der Waals surface area (Å²) in [5.74, 6) is -1.53. The molecule has 0 aromatic heterocycles.